The third-order valence-corrected chi connectivity index (χ3v) is 6.60. The van der Waals surface area contributed by atoms with Gasteiger partial charge < -0.3 is 14.9 Å². The van der Waals surface area contributed by atoms with Gasteiger partial charge in [-0.05, 0) is 61.2 Å². The van der Waals surface area contributed by atoms with Crippen LogP contribution in [0.25, 0.3) is 11.0 Å². The van der Waals surface area contributed by atoms with Crippen molar-refractivity contribution >= 4 is 38.3 Å². The van der Waals surface area contributed by atoms with Crippen LogP contribution in [0.2, 0.25) is 0 Å². The number of aromatic nitrogens is 2. The number of nitrogens with zero attached hydrogens (tertiary/aromatic N) is 1. The number of nitrogens with one attached hydrogen (secondary N) is 3. The van der Waals surface area contributed by atoms with Crippen molar-refractivity contribution in [1.82, 2.24) is 9.97 Å². The monoisotopic (exact) mass is 398 g/mol. The molecular weight excluding hydrogens is 380 g/mol. The van der Waals surface area contributed by atoms with Gasteiger partial charge in [-0.3, -0.25) is 9.52 Å². The van der Waals surface area contributed by atoms with Crippen molar-refractivity contribution < 1.29 is 13.2 Å². The lowest BCUT2D eigenvalue weighted by atomic mass is 10.1. The van der Waals surface area contributed by atoms with Crippen LogP contribution < -0.4 is 15.3 Å². The molecule has 0 bridgehead atoms. The lowest BCUT2D eigenvalue weighted by molar-refractivity contribution is -0.119. The van der Waals surface area contributed by atoms with Gasteiger partial charge >= 0.3 is 5.69 Å². The predicted octanol–water partition coefficient (Wildman–Crippen LogP) is 1.96. The van der Waals surface area contributed by atoms with E-state index in [1.165, 1.54) is 12.1 Å². The van der Waals surface area contributed by atoms with Gasteiger partial charge in [0.25, 0.3) is 10.0 Å². The van der Waals surface area contributed by atoms with Crippen molar-refractivity contribution in [3.63, 3.8) is 0 Å². The lowest BCUT2D eigenvalue weighted by Gasteiger charge is -2.17. The van der Waals surface area contributed by atoms with Crippen molar-refractivity contribution in [3.8, 4) is 0 Å². The minimum absolute atomic E-state index is 0.0567. The van der Waals surface area contributed by atoms with Crippen LogP contribution in [0.1, 0.15) is 18.4 Å². The molecular formula is C19H18N4O4S. The summed E-state index contributed by atoms with van der Waals surface area (Å²) >= 11 is 0. The number of fused-ring (bicyclic) bond motifs is 2. The summed E-state index contributed by atoms with van der Waals surface area (Å²) in [5.41, 5.74) is 2.85. The van der Waals surface area contributed by atoms with E-state index in [1.54, 1.807) is 24.3 Å². The molecule has 2 aromatic carbocycles. The molecule has 1 fully saturated rings. The van der Waals surface area contributed by atoms with E-state index in [0.29, 0.717) is 29.7 Å². The van der Waals surface area contributed by atoms with Gasteiger partial charge in [-0.15, -0.1) is 0 Å². The first kappa shape index (κ1) is 17.1. The molecule has 1 aliphatic carbocycles. The molecule has 0 saturated heterocycles. The highest BCUT2D eigenvalue weighted by atomic mass is 32.2. The minimum atomic E-state index is -3.81. The van der Waals surface area contributed by atoms with Crippen molar-refractivity contribution in [1.29, 1.82) is 0 Å². The topological polar surface area (TPSA) is 115 Å². The number of anilines is 2. The van der Waals surface area contributed by atoms with E-state index < -0.39 is 10.0 Å². The van der Waals surface area contributed by atoms with Crippen molar-refractivity contribution in [2.75, 3.05) is 16.2 Å². The summed E-state index contributed by atoms with van der Waals surface area (Å²) in [6.07, 6.45) is 2.62. The summed E-state index contributed by atoms with van der Waals surface area (Å²) in [6.45, 7) is 0.637. The minimum Gasteiger partial charge on any atom is -0.312 e. The van der Waals surface area contributed by atoms with E-state index in [-0.39, 0.29) is 22.4 Å². The van der Waals surface area contributed by atoms with Gasteiger partial charge in [0.15, 0.2) is 0 Å². The number of hydrogen-bond acceptors (Lipinski definition) is 4. The molecule has 3 aromatic rings. The number of carbonyl (C=O) groups is 1. The van der Waals surface area contributed by atoms with E-state index in [2.05, 4.69) is 14.7 Å². The fourth-order valence-corrected chi connectivity index (χ4v) is 4.71. The molecule has 144 valence electrons. The Morgan fingerprint density at radius 3 is 2.64 bits per heavy atom. The van der Waals surface area contributed by atoms with E-state index in [9.17, 15) is 18.0 Å². The highest BCUT2D eigenvalue weighted by molar-refractivity contribution is 7.92. The number of benzene rings is 2. The van der Waals surface area contributed by atoms with Gasteiger partial charge in [-0.1, -0.05) is 0 Å². The Hall–Kier alpha value is -3.07. The Labute approximate surface area is 160 Å². The Morgan fingerprint density at radius 2 is 1.86 bits per heavy atom. The number of H-pyrrole nitrogens is 2. The lowest BCUT2D eigenvalue weighted by Crippen LogP contribution is -2.30. The summed E-state index contributed by atoms with van der Waals surface area (Å²) in [7, 11) is -3.81. The van der Waals surface area contributed by atoms with Crippen LogP contribution in [0.4, 0.5) is 11.4 Å². The van der Waals surface area contributed by atoms with Crippen LogP contribution in [0.3, 0.4) is 0 Å². The third-order valence-electron chi connectivity index (χ3n) is 5.22. The number of carbonyl (C=O) groups excluding carboxylic acids is 1. The fourth-order valence-electron chi connectivity index (χ4n) is 3.64. The van der Waals surface area contributed by atoms with Gasteiger partial charge in [0.05, 0.1) is 15.9 Å². The van der Waals surface area contributed by atoms with Gasteiger partial charge in [0.1, 0.15) is 0 Å². The van der Waals surface area contributed by atoms with Gasteiger partial charge in [0, 0.05) is 23.8 Å². The summed E-state index contributed by atoms with van der Waals surface area (Å²) < 4.78 is 28.1. The highest BCUT2D eigenvalue weighted by Gasteiger charge is 2.36. The smallest absolute Gasteiger partial charge is 0.312 e. The molecule has 1 saturated carbocycles. The molecule has 9 heteroatoms. The van der Waals surface area contributed by atoms with Gasteiger partial charge in [-0.25, -0.2) is 13.2 Å². The summed E-state index contributed by atoms with van der Waals surface area (Å²) in [6, 6.07) is 9.66. The molecule has 0 radical (unpaired) electrons. The average Bonchev–Trinajstić information content (AvgIpc) is 3.31. The Balaban J connectivity index is 1.42. The fraction of sp³-hybridized carbons (Fsp3) is 0.263. The van der Waals surface area contributed by atoms with Crippen molar-refractivity contribution in [2.45, 2.75) is 24.2 Å². The Kier molecular flexibility index (Phi) is 3.63. The number of hydrogen-bond donors (Lipinski definition) is 3. The van der Waals surface area contributed by atoms with Crippen molar-refractivity contribution in [3.05, 3.63) is 52.4 Å². The second-order valence-electron chi connectivity index (χ2n) is 7.25. The van der Waals surface area contributed by atoms with E-state index in [0.717, 1.165) is 24.1 Å². The number of amides is 1. The standard InChI is InChI=1S/C19H18N4O4S/c24-18(11-1-2-11)23-8-7-12-9-13(3-6-17(12)23)22-28(26,27)14-4-5-15-16(10-14)21-19(25)20-15/h3-6,9-11,22H,1-2,7-8H2,(H2,20,21,25). The first-order chi connectivity index (χ1) is 13.4. The first-order valence-electron chi connectivity index (χ1n) is 9.10. The molecule has 1 amide bonds. The molecule has 5 rings (SSSR count). The van der Waals surface area contributed by atoms with Crippen LogP contribution in [0.5, 0.6) is 0 Å². The van der Waals surface area contributed by atoms with E-state index >= 15 is 0 Å². The Morgan fingerprint density at radius 1 is 1.07 bits per heavy atom. The molecule has 1 aliphatic heterocycles. The number of sulfonamides is 1. The zero-order chi connectivity index (χ0) is 19.5. The van der Waals surface area contributed by atoms with Crippen molar-refractivity contribution in [2.24, 2.45) is 5.92 Å². The quantitative estimate of drug-likeness (QED) is 0.623. The van der Waals surface area contributed by atoms with Crippen LogP contribution in [-0.4, -0.2) is 30.8 Å². The molecule has 8 nitrogen and oxygen atoms in total. The van der Waals surface area contributed by atoms with E-state index in [1.807, 2.05) is 4.90 Å². The third kappa shape index (κ3) is 2.88. The molecule has 0 unspecified atom stereocenters. The molecule has 0 atom stereocenters. The summed E-state index contributed by atoms with van der Waals surface area (Å²) in [5, 5.41) is 0. The SMILES string of the molecule is O=C(C1CC1)N1CCc2cc(NS(=O)(=O)c3ccc4[nH]c(=O)[nH]c4c3)ccc21. The summed E-state index contributed by atoms with van der Waals surface area (Å²) in [5.74, 6) is 0.319. The first-order valence-corrected chi connectivity index (χ1v) is 10.6. The van der Waals surface area contributed by atoms with E-state index in [4.69, 9.17) is 0 Å². The molecule has 1 aromatic heterocycles. The maximum Gasteiger partial charge on any atom is 0.323 e. The molecule has 0 spiro atoms. The predicted molar refractivity (Wildman–Crippen MR) is 105 cm³/mol. The molecule has 3 N–H and O–H groups in total. The number of rotatable bonds is 4. The maximum absolute atomic E-state index is 12.7. The normalized spacial score (nSPS) is 16.4. The second kappa shape index (κ2) is 5.96. The number of aromatic amines is 2. The van der Waals surface area contributed by atoms with Gasteiger partial charge in [-0.2, -0.15) is 0 Å². The second-order valence-corrected chi connectivity index (χ2v) is 8.93. The molecule has 28 heavy (non-hydrogen) atoms. The average molecular weight is 398 g/mol. The zero-order valence-electron chi connectivity index (χ0n) is 14.9. The highest BCUT2D eigenvalue weighted by Crippen LogP contribution is 2.37. The van der Waals surface area contributed by atoms with Gasteiger partial charge in [0.2, 0.25) is 5.91 Å². The van der Waals surface area contributed by atoms with Crippen LogP contribution in [-0.2, 0) is 21.2 Å². The maximum atomic E-state index is 12.7. The Bertz CT molecular complexity index is 1270. The summed E-state index contributed by atoms with van der Waals surface area (Å²) in [4.78, 5) is 30.7. The number of imidazole rings is 1. The van der Waals surface area contributed by atoms with Crippen LogP contribution in [0.15, 0.2) is 46.1 Å². The van der Waals surface area contributed by atoms with Crippen LogP contribution in [0, 0.1) is 5.92 Å². The zero-order valence-corrected chi connectivity index (χ0v) is 15.7. The molecule has 2 heterocycles. The molecule has 2 aliphatic rings. The largest absolute Gasteiger partial charge is 0.323 e. The van der Waals surface area contributed by atoms with Crippen LogP contribution >= 0.6 is 0 Å².